The summed E-state index contributed by atoms with van der Waals surface area (Å²) in [5.74, 6) is 0. The monoisotopic (exact) mass is 259 g/mol. The second-order valence-electron chi connectivity index (χ2n) is 5.29. The molecule has 0 spiro atoms. The Morgan fingerprint density at radius 2 is 1.84 bits per heavy atom. The lowest BCUT2D eigenvalue weighted by atomic mass is 9.96. The maximum absolute atomic E-state index is 5.56. The van der Waals surface area contributed by atoms with Gasteiger partial charge < -0.3 is 5.73 Å². The molecule has 0 radical (unpaired) electrons. The molecule has 0 bridgehead atoms. The summed E-state index contributed by atoms with van der Waals surface area (Å²) in [6.07, 6.45) is 10.6. The van der Waals surface area contributed by atoms with Gasteiger partial charge in [0, 0.05) is 18.9 Å². The van der Waals surface area contributed by atoms with Gasteiger partial charge in [0.15, 0.2) is 0 Å². The van der Waals surface area contributed by atoms with Crippen molar-refractivity contribution in [2.75, 3.05) is 0 Å². The molecule has 0 aromatic carbocycles. The number of nitrogens with zero attached hydrogens (tertiary/aromatic N) is 4. The Morgan fingerprint density at radius 3 is 2.58 bits per heavy atom. The first-order chi connectivity index (χ1) is 9.35. The first-order valence-corrected chi connectivity index (χ1v) is 7.11. The molecule has 0 amide bonds. The van der Waals surface area contributed by atoms with Crippen molar-refractivity contribution in [3.63, 3.8) is 0 Å². The van der Waals surface area contributed by atoms with E-state index in [1.165, 1.54) is 32.1 Å². The Labute approximate surface area is 113 Å². The zero-order valence-corrected chi connectivity index (χ0v) is 11.2. The van der Waals surface area contributed by atoms with Crippen molar-refractivity contribution in [3.05, 3.63) is 35.9 Å². The van der Waals surface area contributed by atoms with E-state index in [2.05, 4.69) is 27.1 Å². The molecule has 0 aliphatic heterocycles. The molecule has 1 fully saturated rings. The maximum Gasteiger partial charge on any atom is 0.0849 e. The van der Waals surface area contributed by atoms with Gasteiger partial charge in [-0.2, -0.15) is 10.2 Å². The Balaban J connectivity index is 1.67. The van der Waals surface area contributed by atoms with Gasteiger partial charge in [0.25, 0.3) is 0 Å². The van der Waals surface area contributed by atoms with Crippen molar-refractivity contribution in [2.45, 2.75) is 51.2 Å². The third-order valence-corrected chi connectivity index (χ3v) is 3.84. The summed E-state index contributed by atoms with van der Waals surface area (Å²) in [4.78, 5) is 0. The van der Waals surface area contributed by atoms with E-state index in [0.29, 0.717) is 12.6 Å². The van der Waals surface area contributed by atoms with Crippen LogP contribution >= 0.6 is 0 Å². The van der Waals surface area contributed by atoms with E-state index in [9.17, 15) is 0 Å². The highest BCUT2D eigenvalue weighted by Gasteiger charge is 2.16. The molecule has 0 atom stereocenters. The number of hydrogen-bond acceptors (Lipinski definition) is 3. The molecule has 0 saturated heterocycles. The second-order valence-corrected chi connectivity index (χ2v) is 5.29. The van der Waals surface area contributed by atoms with E-state index in [-0.39, 0.29) is 0 Å². The average molecular weight is 259 g/mol. The van der Waals surface area contributed by atoms with Crippen LogP contribution in [0.15, 0.2) is 24.5 Å². The molecular formula is C14H21N5. The van der Waals surface area contributed by atoms with Crippen LogP contribution in [0.5, 0.6) is 0 Å². The lowest BCUT2D eigenvalue weighted by Crippen LogP contribution is -2.14. The van der Waals surface area contributed by atoms with Gasteiger partial charge in [-0.05, 0) is 25.0 Å². The van der Waals surface area contributed by atoms with E-state index < -0.39 is 0 Å². The quantitative estimate of drug-likeness (QED) is 0.914. The minimum Gasteiger partial charge on any atom is -0.325 e. The van der Waals surface area contributed by atoms with Gasteiger partial charge >= 0.3 is 0 Å². The van der Waals surface area contributed by atoms with Crippen LogP contribution in [0.2, 0.25) is 0 Å². The van der Waals surface area contributed by atoms with Gasteiger partial charge in [0.1, 0.15) is 0 Å². The second kappa shape index (κ2) is 5.57. The smallest absolute Gasteiger partial charge is 0.0849 e. The minimum absolute atomic E-state index is 0.490. The fourth-order valence-corrected chi connectivity index (χ4v) is 2.78. The molecule has 2 heterocycles. The van der Waals surface area contributed by atoms with Crippen molar-refractivity contribution >= 4 is 0 Å². The van der Waals surface area contributed by atoms with Crippen LogP contribution in [0.4, 0.5) is 0 Å². The average Bonchev–Trinajstić information content (AvgIpc) is 3.09. The van der Waals surface area contributed by atoms with Crippen LogP contribution in [0.3, 0.4) is 0 Å². The Hall–Kier alpha value is -1.62. The number of aromatic nitrogens is 4. The Bertz CT molecular complexity index is 521. The fourth-order valence-electron chi connectivity index (χ4n) is 2.78. The van der Waals surface area contributed by atoms with E-state index in [4.69, 9.17) is 5.73 Å². The topological polar surface area (TPSA) is 61.7 Å². The molecule has 19 heavy (non-hydrogen) atoms. The molecule has 5 nitrogen and oxygen atoms in total. The van der Waals surface area contributed by atoms with Gasteiger partial charge in [-0.25, -0.2) is 0 Å². The molecule has 2 aromatic rings. The summed E-state index contributed by atoms with van der Waals surface area (Å²) < 4.78 is 4.04. The summed E-state index contributed by atoms with van der Waals surface area (Å²) in [6.45, 7) is 1.21. The summed E-state index contributed by atoms with van der Waals surface area (Å²) in [5.41, 5.74) is 7.55. The zero-order valence-electron chi connectivity index (χ0n) is 11.2. The van der Waals surface area contributed by atoms with Gasteiger partial charge in [-0.1, -0.05) is 19.3 Å². The number of hydrogen-bond donors (Lipinski definition) is 1. The zero-order chi connectivity index (χ0) is 13.1. The van der Waals surface area contributed by atoms with Crippen LogP contribution < -0.4 is 5.73 Å². The van der Waals surface area contributed by atoms with E-state index in [1.807, 2.05) is 16.9 Å². The lowest BCUT2D eigenvalue weighted by Gasteiger charge is -2.21. The fraction of sp³-hybridized carbons (Fsp3) is 0.571. The molecule has 2 aromatic heterocycles. The highest BCUT2D eigenvalue weighted by molar-refractivity contribution is 5.03. The normalized spacial score (nSPS) is 16.9. The van der Waals surface area contributed by atoms with Crippen LogP contribution in [0.1, 0.15) is 49.5 Å². The molecule has 2 N–H and O–H groups in total. The third-order valence-electron chi connectivity index (χ3n) is 3.84. The number of rotatable bonds is 4. The molecule has 1 saturated carbocycles. The summed E-state index contributed by atoms with van der Waals surface area (Å²) in [6, 6.07) is 4.65. The predicted octanol–water partition coefficient (Wildman–Crippen LogP) is 2.09. The summed E-state index contributed by atoms with van der Waals surface area (Å²) >= 11 is 0. The van der Waals surface area contributed by atoms with Crippen LogP contribution in [0.25, 0.3) is 0 Å². The van der Waals surface area contributed by atoms with Gasteiger partial charge in [0.2, 0.25) is 0 Å². The molecule has 1 aliphatic carbocycles. The number of nitrogens with two attached hydrogens (primary N) is 1. The van der Waals surface area contributed by atoms with Crippen molar-refractivity contribution in [1.82, 2.24) is 19.6 Å². The molecule has 0 unspecified atom stereocenters. The van der Waals surface area contributed by atoms with Crippen molar-refractivity contribution in [2.24, 2.45) is 5.73 Å². The van der Waals surface area contributed by atoms with Crippen LogP contribution in [0, 0.1) is 0 Å². The van der Waals surface area contributed by atoms with Gasteiger partial charge in [0.05, 0.1) is 24.0 Å². The predicted molar refractivity (Wildman–Crippen MR) is 73.6 cm³/mol. The van der Waals surface area contributed by atoms with Crippen LogP contribution in [-0.4, -0.2) is 19.6 Å². The minimum atomic E-state index is 0.490. The molecule has 3 rings (SSSR count). The van der Waals surface area contributed by atoms with Gasteiger partial charge in [-0.3, -0.25) is 9.36 Å². The van der Waals surface area contributed by atoms with Crippen LogP contribution in [-0.2, 0) is 13.1 Å². The summed E-state index contributed by atoms with van der Waals surface area (Å²) in [7, 11) is 0. The largest absolute Gasteiger partial charge is 0.325 e. The molecule has 1 aliphatic rings. The lowest BCUT2D eigenvalue weighted by molar-refractivity contribution is 0.327. The third kappa shape index (κ3) is 2.87. The molecule has 102 valence electrons. The first kappa shape index (κ1) is 12.4. The summed E-state index contributed by atoms with van der Waals surface area (Å²) in [5, 5.41) is 9.08. The van der Waals surface area contributed by atoms with Crippen molar-refractivity contribution < 1.29 is 0 Å². The van der Waals surface area contributed by atoms with E-state index in [0.717, 1.165) is 17.9 Å². The highest BCUT2D eigenvalue weighted by Crippen LogP contribution is 2.27. The van der Waals surface area contributed by atoms with E-state index in [1.54, 1.807) is 0 Å². The van der Waals surface area contributed by atoms with E-state index >= 15 is 0 Å². The Morgan fingerprint density at radius 1 is 1.05 bits per heavy atom. The SMILES string of the molecule is NCc1ccn(Cc2ccn(C3CCCCC3)n2)n1. The van der Waals surface area contributed by atoms with Gasteiger partial charge in [-0.15, -0.1) is 0 Å². The maximum atomic E-state index is 5.56. The molecule has 5 heteroatoms. The van der Waals surface area contributed by atoms with Crippen molar-refractivity contribution in [1.29, 1.82) is 0 Å². The van der Waals surface area contributed by atoms with Crippen molar-refractivity contribution in [3.8, 4) is 0 Å². The molecular weight excluding hydrogens is 238 g/mol. The standard InChI is InChI=1S/C14H21N5/c15-10-12-6-8-18(16-12)11-13-7-9-19(17-13)14-4-2-1-3-5-14/h6-9,14H,1-5,10-11,15H2. The highest BCUT2D eigenvalue weighted by atomic mass is 15.3. The first-order valence-electron chi connectivity index (χ1n) is 7.11. The Kier molecular flexibility index (Phi) is 3.64.